The fraction of sp³-hybridized carbons (Fsp3) is 0.385. The summed E-state index contributed by atoms with van der Waals surface area (Å²) in [6, 6.07) is 6.23. The molecule has 4 heteroatoms. The molecule has 0 aliphatic carbocycles. The summed E-state index contributed by atoms with van der Waals surface area (Å²) in [5.41, 5.74) is 3.72. The molecule has 3 rings (SSSR count). The number of pyridine rings is 1. The number of nitrogens with one attached hydrogen (secondary N) is 1. The first-order valence-electron chi connectivity index (χ1n) is 5.86. The van der Waals surface area contributed by atoms with E-state index in [0.717, 1.165) is 19.7 Å². The number of halogens is 1. The Balaban J connectivity index is 2.17. The van der Waals surface area contributed by atoms with Gasteiger partial charge in [-0.2, -0.15) is 0 Å². The standard InChI is InChI=1S/C13H15BrN2O/c1-9-12(14)10-4-2-3-6-16(10)13(9)11-8-15-5-7-17-11/h2-4,6,11,15H,5,7-8H2,1H3. The van der Waals surface area contributed by atoms with Crippen LogP contribution >= 0.6 is 15.9 Å². The number of fused-ring (bicyclic) bond motifs is 1. The Hall–Kier alpha value is -0.840. The molecule has 3 nitrogen and oxygen atoms in total. The Bertz CT molecular complexity index is 544. The van der Waals surface area contributed by atoms with E-state index in [1.54, 1.807) is 0 Å². The number of hydrogen-bond acceptors (Lipinski definition) is 2. The van der Waals surface area contributed by atoms with Crippen molar-refractivity contribution in [1.29, 1.82) is 0 Å². The van der Waals surface area contributed by atoms with Crippen molar-refractivity contribution in [1.82, 2.24) is 9.72 Å². The van der Waals surface area contributed by atoms with Crippen LogP contribution in [0.25, 0.3) is 5.52 Å². The molecule has 0 amide bonds. The summed E-state index contributed by atoms with van der Waals surface area (Å²) in [6.45, 7) is 4.75. The fourth-order valence-electron chi connectivity index (χ4n) is 2.45. The van der Waals surface area contributed by atoms with Crippen LogP contribution in [0.1, 0.15) is 17.4 Å². The second kappa shape index (κ2) is 4.44. The predicted molar refractivity (Wildman–Crippen MR) is 71.4 cm³/mol. The van der Waals surface area contributed by atoms with Crippen molar-refractivity contribution in [2.75, 3.05) is 19.7 Å². The molecule has 1 unspecified atom stereocenters. The van der Waals surface area contributed by atoms with Gasteiger partial charge in [0.1, 0.15) is 6.10 Å². The van der Waals surface area contributed by atoms with Crippen molar-refractivity contribution >= 4 is 21.4 Å². The summed E-state index contributed by atoms with van der Waals surface area (Å²) in [5.74, 6) is 0. The van der Waals surface area contributed by atoms with Gasteiger partial charge in [0.2, 0.25) is 0 Å². The van der Waals surface area contributed by atoms with Crippen LogP contribution in [0.2, 0.25) is 0 Å². The smallest absolute Gasteiger partial charge is 0.111 e. The van der Waals surface area contributed by atoms with E-state index in [1.165, 1.54) is 21.2 Å². The third-order valence-corrected chi connectivity index (χ3v) is 4.29. The van der Waals surface area contributed by atoms with Crippen LogP contribution < -0.4 is 5.32 Å². The second-order valence-electron chi connectivity index (χ2n) is 4.34. The molecular formula is C13H15BrN2O. The quantitative estimate of drug-likeness (QED) is 0.875. The van der Waals surface area contributed by atoms with E-state index in [1.807, 2.05) is 0 Å². The maximum Gasteiger partial charge on any atom is 0.111 e. The highest BCUT2D eigenvalue weighted by molar-refractivity contribution is 9.10. The van der Waals surface area contributed by atoms with Crippen LogP contribution in [0, 0.1) is 6.92 Å². The summed E-state index contributed by atoms with van der Waals surface area (Å²) in [6.07, 6.45) is 2.24. The molecule has 0 aromatic carbocycles. The summed E-state index contributed by atoms with van der Waals surface area (Å²) < 4.78 is 9.25. The SMILES string of the molecule is Cc1c(Br)c2ccccn2c1C1CNCCO1. The van der Waals surface area contributed by atoms with E-state index in [2.05, 4.69) is 57.0 Å². The lowest BCUT2D eigenvalue weighted by atomic mass is 10.1. The lowest BCUT2D eigenvalue weighted by molar-refractivity contribution is 0.0242. The van der Waals surface area contributed by atoms with Gasteiger partial charge in [0, 0.05) is 23.8 Å². The zero-order valence-electron chi connectivity index (χ0n) is 9.74. The predicted octanol–water partition coefficient (Wildman–Crippen LogP) is 2.67. The molecule has 2 aromatic rings. The maximum atomic E-state index is 5.86. The van der Waals surface area contributed by atoms with Crippen LogP contribution in [-0.4, -0.2) is 24.1 Å². The topological polar surface area (TPSA) is 25.7 Å². The molecule has 1 atom stereocenters. The summed E-state index contributed by atoms with van der Waals surface area (Å²) in [7, 11) is 0. The van der Waals surface area contributed by atoms with Crippen molar-refractivity contribution < 1.29 is 4.74 Å². The molecule has 1 aliphatic rings. The summed E-state index contributed by atoms with van der Waals surface area (Å²) >= 11 is 3.67. The van der Waals surface area contributed by atoms with Gasteiger partial charge in [-0.3, -0.25) is 0 Å². The number of morpholine rings is 1. The van der Waals surface area contributed by atoms with Crippen molar-refractivity contribution in [2.24, 2.45) is 0 Å². The number of aromatic nitrogens is 1. The molecule has 2 aromatic heterocycles. The lowest BCUT2D eigenvalue weighted by Gasteiger charge is -2.24. The van der Waals surface area contributed by atoms with Gasteiger partial charge in [-0.25, -0.2) is 0 Å². The molecular weight excluding hydrogens is 280 g/mol. The lowest BCUT2D eigenvalue weighted by Crippen LogP contribution is -2.34. The first kappa shape index (κ1) is 11.3. The van der Waals surface area contributed by atoms with Gasteiger partial charge in [0.25, 0.3) is 0 Å². The molecule has 1 aliphatic heterocycles. The van der Waals surface area contributed by atoms with E-state index < -0.39 is 0 Å². The monoisotopic (exact) mass is 294 g/mol. The Kier molecular flexibility index (Phi) is 2.94. The normalized spacial score (nSPS) is 20.9. The number of rotatable bonds is 1. The van der Waals surface area contributed by atoms with E-state index in [9.17, 15) is 0 Å². The van der Waals surface area contributed by atoms with Crippen molar-refractivity contribution in [2.45, 2.75) is 13.0 Å². The highest BCUT2D eigenvalue weighted by Crippen LogP contribution is 2.33. The van der Waals surface area contributed by atoms with Crippen LogP contribution in [0.15, 0.2) is 28.9 Å². The third kappa shape index (κ3) is 1.80. The van der Waals surface area contributed by atoms with Crippen LogP contribution in [0.4, 0.5) is 0 Å². The van der Waals surface area contributed by atoms with Crippen molar-refractivity contribution in [3.05, 3.63) is 40.1 Å². The highest BCUT2D eigenvalue weighted by atomic mass is 79.9. The summed E-state index contributed by atoms with van der Waals surface area (Å²) in [4.78, 5) is 0. The average molecular weight is 295 g/mol. The maximum absolute atomic E-state index is 5.86. The van der Waals surface area contributed by atoms with Gasteiger partial charge in [-0.15, -0.1) is 0 Å². The molecule has 1 fully saturated rings. The van der Waals surface area contributed by atoms with Crippen LogP contribution in [0.5, 0.6) is 0 Å². The van der Waals surface area contributed by atoms with E-state index >= 15 is 0 Å². The third-order valence-electron chi connectivity index (χ3n) is 3.29. The van der Waals surface area contributed by atoms with Crippen molar-refractivity contribution in [3.8, 4) is 0 Å². The molecule has 0 bridgehead atoms. The van der Waals surface area contributed by atoms with Gasteiger partial charge < -0.3 is 14.5 Å². The van der Waals surface area contributed by atoms with E-state index in [4.69, 9.17) is 4.74 Å². The summed E-state index contributed by atoms with van der Waals surface area (Å²) in [5, 5.41) is 3.38. The zero-order chi connectivity index (χ0) is 11.8. The highest BCUT2D eigenvalue weighted by Gasteiger charge is 2.23. The van der Waals surface area contributed by atoms with Crippen LogP contribution in [0.3, 0.4) is 0 Å². The minimum Gasteiger partial charge on any atom is -0.369 e. The Morgan fingerprint density at radius 1 is 1.47 bits per heavy atom. The molecule has 0 radical (unpaired) electrons. The Morgan fingerprint density at radius 2 is 2.35 bits per heavy atom. The van der Waals surface area contributed by atoms with Crippen molar-refractivity contribution in [3.63, 3.8) is 0 Å². The first-order valence-corrected chi connectivity index (χ1v) is 6.65. The molecule has 0 saturated carbocycles. The van der Waals surface area contributed by atoms with E-state index in [-0.39, 0.29) is 6.10 Å². The number of nitrogens with zero attached hydrogens (tertiary/aromatic N) is 1. The first-order chi connectivity index (χ1) is 8.29. The van der Waals surface area contributed by atoms with Gasteiger partial charge >= 0.3 is 0 Å². The number of hydrogen-bond donors (Lipinski definition) is 1. The molecule has 1 saturated heterocycles. The molecule has 0 spiro atoms. The average Bonchev–Trinajstić information content (AvgIpc) is 2.64. The molecule has 90 valence electrons. The minimum atomic E-state index is 0.143. The second-order valence-corrected chi connectivity index (χ2v) is 5.14. The largest absolute Gasteiger partial charge is 0.369 e. The van der Waals surface area contributed by atoms with Gasteiger partial charge in [-0.05, 0) is 40.5 Å². The number of ether oxygens (including phenoxy) is 1. The molecule has 1 N–H and O–H groups in total. The Labute approximate surface area is 109 Å². The van der Waals surface area contributed by atoms with Crippen LogP contribution in [-0.2, 0) is 4.74 Å². The van der Waals surface area contributed by atoms with Gasteiger partial charge in [0.05, 0.1) is 17.8 Å². The fourth-order valence-corrected chi connectivity index (χ4v) is 2.98. The van der Waals surface area contributed by atoms with Gasteiger partial charge in [-0.1, -0.05) is 6.07 Å². The molecule has 3 heterocycles. The minimum absolute atomic E-state index is 0.143. The molecule has 17 heavy (non-hydrogen) atoms. The zero-order valence-corrected chi connectivity index (χ0v) is 11.3. The van der Waals surface area contributed by atoms with Gasteiger partial charge in [0.15, 0.2) is 0 Å². The Morgan fingerprint density at radius 3 is 3.12 bits per heavy atom. The van der Waals surface area contributed by atoms with E-state index in [0.29, 0.717) is 0 Å².